The second-order valence-corrected chi connectivity index (χ2v) is 8.25. The van der Waals surface area contributed by atoms with Gasteiger partial charge in [0.05, 0.1) is 6.54 Å². The van der Waals surface area contributed by atoms with E-state index in [-0.39, 0.29) is 18.0 Å². The predicted octanol–water partition coefficient (Wildman–Crippen LogP) is 4.36. The largest absolute Gasteiger partial charge is 0.378 e. The molecule has 2 aliphatic rings. The molecule has 1 aliphatic heterocycles. The van der Waals surface area contributed by atoms with Gasteiger partial charge in [-0.1, -0.05) is 31.4 Å². The molecule has 3 rings (SSSR count). The summed E-state index contributed by atoms with van der Waals surface area (Å²) in [6, 6.07) is 7.97. The molecule has 152 valence electrons. The van der Waals surface area contributed by atoms with Crippen molar-refractivity contribution in [3.63, 3.8) is 0 Å². The van der Waals surface area contributed by atoms with Crippen LogP contribution in [0, 0.1) is 0 Å². The van der Waals surface area contributed by atoms with Gasteiger partial charge in [-0.2, -0.15) is 0 Å². The molecule has 0 radical (unpaired) electrons. The van der Waals surface area contributed by atoms with E-state index in [0.717, 1.165) is 43.4 Å². The number of nitrogens with zero attached hydrogens (tertiary/aromatic N) is 3. The van der Waals surface area contributed by atoms with Crippen molar-refractivity contribution in [2.75, 3.05) is 38.0 Å². The van der Waals surface area contributed by atoms with Crippen LogP contribution in [-0.4, -0.2) is 60.8 Å². The summed E-state index contributed by atoms with van der Waals surface area (Å²) < 4.78 is 0. The Kier molecular flexibility index (Phi) is 7.00. The smallest absolute Gasteiger partial charge is 0.327 e. The molecular formula is C22H30ClN3O2. The van der Waals surface area contributed by atoms with Gasteiger partial charge in [-0.25, -0.2) is 4.79 Å². The van der Waals surface area contributed by atoms with Crippen LogP contribution in [0.2, 0.25) is 0 Å². The molecule has 1 saturated carbocycles. The Labute approximate surface area is 172 Å². The number of halogens is 1. The molecule has 1 aliphatic carbocycles. The third-order valence-corrected chi connectivity index (χ3v) is 5.85. The number of hydrogen-bond donors (Lipinski definition) is 0. The van der Waals surface area contributed by atoms with Gasteiger partial charge in [-0.3, -0.25) is 9.69 Å². The number of amides is 3. The van der Waals surface area contributed by atoms with Gasteiger partial charge in [0.25, 0.3) is 5.91 Å². The second kappa shape index (κ2) is 9.46. The number of anilines is 1. The molecule has 3 amide bonds. The molecule has 6 heteroatoms. The van der Waals surface area contributed by atoms with Crippen LogP contribution >= 0.6 is 11.6 Å². The molecule has 0 unspecified atom stereocenters. The van der Waals surface area contributed by atoms with E-state index >= 15 is 0 Å². The highest BCUT2D eigenvalue weighted by molar-refractivity contribution is 6.17. The average molecular weight is 404 g/mol. The number of benzene rings is 1. The van der Waals surface area contributed by atoms with Gasteiger partial charge in [0, 0.05) is 43.8 Å². The van der Waals surface area contributed by atoms with Gasteiger partial charge >= 0.3 is 6.03 Å². The number of alkyl halides is 1. The summed E-state index contributed by atoms with van der Waals surface area (Å²) in [6.45, 7) is 0.933. The van der Waals surface area contributed by atoms with Crippen LogP contribution in [0.15, 0.2) is 29.8 Å². The molecule has 28 heavy (non-hydrogen) atoms. The molecule has 1 saturated heterocycles. The Bertz CT molecular complexity index is 724. The zero-order chi connectivity index (χ0) is 20.1. The molecule has 1 heterocycles. The fourth-order valence-electron chi connectivity index (χ4n) is 4.00. The third kappa shape index (κ3) is 4.69. The van der Waals surface area contributed by atoms with Crippen LogP contribution < -0.4 is 4.90 Å². The van der Waals surface area contributed by atoms with E-state index in [1.165, 1.54) is 11.3 Å². The summed E-state index contributed by atoms with van der Waals surface area (Å²) in [7, 11) is 4.00. The first kappa shape index (κ1) is 20.7. The van der Waals surface area contributed by atoms with E-state index in [2.05, 4.69) is 0 Å². The Morgan fingerprint density at radius 3 is 2.39 bits per heavy atom. The maximum Gasteiger partial charge on any atom is 0.327 e. The zero-order valence-corrected chi connectivity index (χ0v) is 17.6. The summed E-state index contributed by atoms with van der Waals surface area (Å²) in [5, 5.41) is 0. The number of urea groups is 1. The lowest BCUT2D eigenvalue weighted by molar-refractivity contribution is -0.128. The summed E-state index contributed by atoms with van der Waals surface area (Å²) in [6.07, 6.45) is 7.81. The van der Waals surface area contributed by atoms with E-state index in [0.29, 0.717) is 24.5 Å². The summed E-state index contributed by atoms with van der Waals surface area (Å²) in [4.78, 5) is 31.6. The molecule has 0 spiro atoms. The second-order valence-electron chi connectivity index (χ2n) is 7.87. The first-order chi connectivity index (χ1) is 13.5. The minimum atomic E-state index is -0.151. The number of rotatable bonds is 6. The van der Waals surface area contributed by atoms with Gasteiger partial charge in [0.15, 0.2) is 0 Å². The van der Waals surface area contributed by atoms with Crippen molar-refractivity contribution in [2.24, 2.45) is 0 Å². The van der Waals surface area contributed by atoms with Crippen LogP contribution in [0.5, 0.6) is 0 Å². The Hall–Kier alpha value is -2.01. The quantitative estimate of drug-likeness (QED) is 0.523. The highest BCUT2D eigenvalue weighted by atomic mass is 35.5. The van der Waals surface area contributed by atoms with Crippen molar-refractivity contribution in [1.82, 2.24) is 9.80 Å². The fraction of sp³-hybridized carbons (Fsp3) is 0.545. The van der Waals surface area contributed by atoms with E-state index in [1.54, 1.807) is 4.90 Å². The van der Waals surface area contributed by atoms with Crippen LogP contribution in [0.1, 0.15) is 44.1 Å². The Morgan fingerprint density at radius 1 is 1.11 bits per heavy atom. The van der Waals surface area contributed by atoms with Crippen molar-refractivity contribution < 1.29 is 9.59 Å². The average Bonchev–Trinajstić information content (AvgIpc) is 2.70. The predicted molar refractivity (Wildman–Crippen MR) is 115 cm³/mol. The molecule has 2 fully saturated rings. The Morgan fingerprint density at radius 2 is 1.79 bits per heavy atom. The van der Waals surface area contributed by atoms with E-state index in [1.807, 2.05) is 49.3 Å². The van der Waals surface area contributed by atoms with E-state index in [9.17, 15) is 9.59 Å². The van der Waals surface area contributed by atoms with Crippen molar-refractivity contribution in [1.29, 1.82) is 0 Å². The van der Waals surface area contributed by atoms with Gasteiger partial charge in [0.2, 0.25) is 0 Å². The summed E-state index contributed by atoms with van der Waals surface area (Å²) >= 11 is 5.85. The third-order valence-electron chi connectivity index (χ3n) is 5.58. The van der Waals surface area contributed by atoms with Gasteiger partial charge in [0.1, 0.15) is 0 Å². The minimum Gasteiger partial charge on any atom is -0.378 e. The van der Waals surface area contributed by atoms with E-state index in [4.69, 9.17) is 11.6 Å². The van der Waals surface area contributed by atoms with Gasteiger partial charge in [-0.15, -0.1) is 11.6 Å². The number of carbonyl (C=O) groups excluding carboxylic acids is 2. The maximum atomic E-state index is 13.2. The lowest BCUT2D eigenvalue weighted by Crippen LogP contribution is -2.57. The topological polar surface area (TPSA) is 43.9 Å². The standard InChI is InChI=1S/C22H30ClN3O2/c1-24(2)19-11-9-17(10-12-19)15-18-16-25(14-6-13-23)22(28)26(21(18)27)20-7-4-3-5-8-20/h9-12,15,20H,3-8,13-14,16H2,1-2H3/b18-15-. The highest BCUT2D eigenvalue weighted by Crippen LogP contribution is 2.28. The minimum absolute atomic E-state index is 0.0204. The van der Waals surface area contributed by atoms with Crippen LogP contribution in [-0.2, 0) is 4.79 Å². The van der Waals surface area contributed by atoms with Crippen LogP contribution in [0.3, 0.4) is 0 Å². The SMILES string of the molecule is CN(C)c1ccc(/C=C2/CN(CCCCl)C(=O)N(C3CCCCC3)C2=O)cc1. The first-order valence-electron chi connectivity index (χ1n) is 10.2. The van der Waals surface area contributed by atoms with Crippen molar-refractivity contribution in [3.05, 3.63) is 35.4 Å². The van der Waals surface area contributed by atoms with Gasteiger partial charge < -0.3 is 9.80 Å². The maximum absolute atomic E-state index is 13.2. The van der Waals surface area contributed by atoms with Crippen molar-refractivity contribution in [3.8, 4) is 0 Å². The molecule has 0 atom stereocenters. The normalized spacial score (nSPS) is 20.2. The van der Waals surface area contributed by atoms with Crippen LogP contribution in [0.25, 0.3) is 6.08 Å². The number of imide groups is 1. The molecule has 0 N–H and O–H groups in total. The number of hydrogen-bond acceptors (Lipinski definition) is 3. The monoisotopic (exact) mass is 403 g/mol. The molecule has 5 nitrogen and oxygen atoms in total. The van der Waals surface area contributed by atoms with E-state index < -0.39 is 0 Å². The van der Waals surface area contributed by atoms with Crippen LogP contribution in [0.4, 0.5) is 10.5 Å². The molecular weight excluding hydrogens is 374 g/mol. The molecule has 0 aromatic heterocycles. The lowest BCUT2D eigenvalue weighted by Gasteiger charge is -2.41. The molecule has 1 aromatic carbocycles. The molecule has 0 bridgehead atoms. The van der Waals surface area contributed by atoms with Crippen molar-refractivity contribution in [2.45, 2.75) is 44.6 Å². The summed E-state index contributed by atoms with van der Waals surface area (Å²) in [5.41, 5.74) is 2.77. The number of carbonyl (C=O) groups is 2. The fourth-order valence-corrected chi connectivity index (χ4v) is 4.12. The molecule has 1 aromatic rings. The highest BCUT2D eigenvalue weighted by Gasteiger charge is 2.39. The first-order valence-corrected chi connectivity index (χ1v) is 10.7. The van der Waals surface area contributed by atoms with Gasteiger partial charge in [-0.05, 0) is 43.0 Å². The lowest BCUT2D eigenvalue weighted by atomic mass is 9.93. The summed E-state index contributed by atoms with van der Waals surface area (Å²) in [5.74, 6) is 0.377. The zero-order valence-electron chi connectivity index (χ0n) is 16.9. The van der Waals surface area contributed by atoms with Crippen molar-refractivity contribution >= 4 is 35.3 Å². The Balaban J connectivity index is 1.87.